The number of hydrogen-bond donors (Lipinski definition) is 1. The van der Waals surface area contributed by atoms with E-state index in [1.54, 1.807) is 0 Å². The number of halogens is 3. The highest BCUT2D eigenvalue weighted by atomic mass is 35.5. The van der Waals surface area contributed by atoms with Crippen LogP contribution in [0.4, 0.5) is 4.39 Å². The number of benzene rings is 1. The Morgan fingerprint density at radius 3 is 2.45 bits per heavy atom. The highest BCUT2D eigenvalue weighted by Gasteiger charge is 2.30. The molecule has 0 amide bonds. The van der Waals surface area contributed by atoms with E-state index in [4.69, 9.17) is 17.3 Å². The fourth-order valence-electron chi connectivity index (χ4n) is 2.21. The average Bonchev–Trinajstić information content (AvgIpc) is 2.38. The third-order valence-corrected chi connectivity index (χ3v) is 5.59. The second-order valence-electron chi connectivity index (χ2n) is 4.66. The Morgan fingerprint density at radius 1 is 1.35 bits per heavy atom. The molecule has 0 aromatic heterocycles. The number of hydrogen-bond acceptors (Lipinski definition) is 3. The minimum Gasteiger partial charge on any atom is -0.330 e. The van der Waals surface area contributed by atoms with E-state index in [9.17, 15) is 12.8 Å². The lowest BCUT2D eigenvalue weighted by atomic mass is 9.99. The summed E-state index contributed by atoms with van der Waals surface area (Å²) >= 11 is 5.63. The van der Waals surface area contributed by atoms with E-state index < -0.39 is 15.8 Å². The summed E-state index contributed by atoms with van der Waals surface area (Å²) in [6.45, 7) is 1.32. The van der Waals surface area contributed by atoms with Gasteiger partial charge in [0.05, 0.1) is 0 Å². The molecule has 0 saturated carbocycles. The van der Waals surface area contributed by atoms with E-state index >= 15 is 0 Å². The van der Waals surface area contributed by atoms with Crippen molar-refractivity contribution < 1.29 is 12.8 Å². The van der Waals surface area contributed by atoms with E-state index in [1.165, 1.54) is 16.4 Å². The van der Waals surface area contributed by atoms with Gasteiger partial charge in [0.1, 0.15) is 10.7 Å². The Kier molecular flexibility index (Phi) is 6.22. The minimum atomic E-state index is -3.78. The summed E-state index contributed by atoms with van der Waals surface area (Å²) in [5.74, 6) is -0.463. The molecule has 1 aliphatic heterocycles. The quantitative estimate of drug-likeness (QED) is 0.916. The monoisotopic (exact) mass is 342 g/mol. The van der Waals surface area contributed by atoms with Gasteiger partial charge in [-0.15, -0.1) is 12.4 Å². The van der Waals surface area contributed by atoms with Gasteiger partial charge in [-0.2, -0.15) is 4.31 Å². The molecule has 4 nitrogen and oxygen atoms in total. The predicted octanol–water partition coefficient (Wildman–Crippen LogP) is 2.26. The highest BCUT2D eigenvalue weighted by Crippen LogP contribution is 2.26. The van der Waals surface area contributed by atoms with Crippen LogP contribution in [0.15, 0.2) is 23.1 Å². The first-order valence-electron chi connectivity index (χ1n) is 6.10. The van der Waals surface area contributed by atoms with Crippen LogP contribution in [-0.4, -0.2) is 32.4 Å². The second kappa shape index (κ2) is 7.04. The summed E-state index contributed by atoms with van der Waals surface area (Å²) in [6, 6.07) is 3.60. The van der Waals surface area contributed by atoms with E-state index in [1.807, 2.05) is 0 Å². The number of nitrogens with zero attached hydrogens (tertiary/aromatic N) is 1. The minimum absolute atomic E-state index is 0. The Hall–Kier alpha value is -0.400. The van der Waals surface area contributed by atoms with Gasteiger partial charge in [0, 0.05) is 18.1 Å². The molecule has 0 unspecified atom stereocenters. The third kappa shape index (κ3) is 3.62. The van der Waals surface area contributed by atoms with Crippen LogP contribution in [0.5, 0.6) is 0 Å². The van der Waals surface area contributed by atoms with Crippen molar-refractivity contribution in [2.24, 2.45) is 11.7 Å². The summed E-state index contributed by atoms with van der Waals surface area (Å²) in [6.07, 6.45) is 1.43. The molecule has 1 saturated heterocycles. The molecule has 20 heavy (non-hydrogen) atoms. The van der Waals surface area contributed by atoms with Crippen LogP contribution in [0, 0.1) is 11.7 Å². The maximum absolute atomic E-state index is 13.7. The van der Waals surface area contributed by atoms with Gasteiger partial charge in [-0.05, 0) is 43.5 Å². The molecule has 2 rings (SSSR count). The Labute approximate surface area is 129 Å². The standard InChI is InChI=1S/C12H16ClFN2O2S.ClH/c13-10-1-2-12(11(14)7-10)19(17,18)16-5-3-9(8-15)4-6-16;/h1-2,7,9H,3-6,8,15H2;1H. The van der Waals surface area contributed by atoms with Gasteiger partial charge in [0.15, 0.2) is 0 Å². The highest BCUT2D eigenvalue weighted by molar-refractivity contribution is 7.89. The summed E-state index contributed by atoms with van der Waals surface area (Å²) < 4.78 is 39.7. The Balaban J connectivity index is 0.00000200. The molecule has 0 spiro atoms. The molecule has 1 aromatic carbocycles. The second-order valence-corrected chi connectivity index (χ2v) is 7.00. The van der Waals surface area contributed by atoms with Crippen molar-refractivity contribution in [3.05, 3.63) is 29.0 Å². The molecule has 0 aliphatic carbocycles. The van der Waals surface area contributed by atoms with E-state index in [-0.39, 0.29) is 22.3 Å². The van der Waals surface area contributed by atoms with Gasteiger partial charge in [0.2, 0.25) is 10.0 Å². The van der Waals surface area contributed by atoms with Crippen molar-refractivity contribution in [3.8, 4) is 0 Å². The molecule has 8 heteroatoms. The Morgan fingerprint density at radius 2 is 1.95 bits per heavy atom. The molecule has 1 aliphatic rings. The maximum Gasteiger partial charge on any atom is 0.245 e. The van der Waals surface area contributed by atoms with Gasteiger partial charge in [0.25, 0.3) is 0 Å². The molecule has 1 heterocycles. The number of piperidine rings is 1. The zero-order chi connectivity index (χ0) is 14.0. The molecule has 2 N–H and O–H groups in total. The zero-order valence-corrected chi connectivity index (χ0v) is 13.1. The van der Waals surface area contributed by atoms with Crippen molar-refractivity contribution in [2.45, 2.75) is 17.7 Å². The normalized spacial score (nSPS) is 17.8. The van der Waals surface area contributed by atoms with Crippen molar-refractivity contribution in [3.63, 3.8) is 0 Å². The molecule has 0 radical (unpaired) electrons. The summed E-state index contributed by atoms with van der Waals surface area (Å²) in [4.78, 5) is -0.317. The van der Waals surface area contributed by atoms with Crippen molar-refractivity contribution in [2.75, 3.05) is 19.6 Å². The summed E-state index contributed by atoms with van der Waals surface area (Å²) in [5.41, 5.74) is 5.57. The van der Waals surface area contributed by atoms with Crippen molar-refractivity contribution in [1.29, 1.82) is 0 Å². The molecular formula is C12H17Cl2FN2O2S. The lowest BCUT2D eigenvalue weighted by Crippen LogP contribution is -2.40. The smallest absolute Gasteiger partial charge is 0.245 e. The lowest BCUT2D eigenvalue weighted by Gasteiger charge is -2.30. The first-order chi connectivity index (χ1) is 8.95. The Bertz CT molecular complexity index is 561. The SMILES string of the molecule is Cl.NCC1CCN(S(=O)(=O)c2ccc(Cl)cc2F)CC1. The van der Waals surface area contributed by atoms with Crippen LogP contribution >= 0.6 is 24.0 Å². The molecule has 0 bridgehead atoms. The van der Waals surface area contributed by atoms with Crippen LogP contribution in [0.2, 0.25) is 5.02 Å². The van der Waals surface area contributed by atoms with Gasteiger partial charge < -0.3 is 5.73 Å². The molecule has 0 atom stereocenters. The van der Waals surface area contributed by atoms with Gasteiger partial charge in [-0.25, -0.2) is 12.8 Å². The zero-order valence-electron chi connectivity index (χ0n) is 10.8. The molecule has 1 fully saturated rings. The summed E-state index contributed by atoms with van der Waals surface area (Å²) in [5, 5.41) is 0.179. The van der Waals surface area contributed by atoms with Crippen LogP contribution in [0.25, 0.3) is 0 Å². The topological polar surface area (TPSA) is 63.4 Å². The average molecular weight is 343 g/mol. The first-order valence-corrected chi connectivity index (χ1v) is 7.92. The summed E-state index contributed by atoms with van der Waals surface area (Å²) in [7, 11) is -3.78. The van der Waals surface area contributed by atoms with Gasteiger partial charge in [-0.1, -0.05) is 11.6 Å². The van der Waals surface area contributed by atoms with Crippen LogP contribution < -0.4 is 5.73 Å². The maximum atomic E-state index is 13.7. The first kappa shape index (κ1) is 17.7. The number of rotatable bonds is 3. The molecular weight excluding hydrogens is 326 g/mol. The third-order valence-electron chi connectivity index (χ3n) is 3.42. The fraction of sp³-hybridized carbons (Fsp3) is 0.500. The van der Waals surface area contributed by atoms with Crippen molar-refractivity contribution in [1.82, 2.24) is 4.31 Å². The van der Waals surface area contributed by atoms with E-state index in [0.717, 1.165) is 6.07 Å². The predicted molar refractivity (Wildman–Crippen MR) is 79.2 cm³/mol. The molecule has 1 aromatic rings. The van der Waals surface area contributed by atoms with Crippen LogP contribution in [-0.2, 0) is 10.0 Å². The van der Waals surface area contributed by atoms with Crippen LogP contribution in [0.1, 0.15) is 12.8 Å². The largest absolute Gasteiger partial charge is 0.330 e. The number of nitrogens with two attached hydrogens (primary N) is 1. The fourth-order valence-corrected chi connectivity index (χ4v) is 3.88. The van der Waals surface area contributed by atoms with Gasteiger partial charge >= 0.3 is 0 Å². The molecule has 114 valence electrons. The lowest BCUT2D eigenvalue weighted by molar-refractivity contribution is 0.278. The van der Waals surface area contributed by atoms with E-state index in [0.29, 0.717) is 38.4 Å². The van der Waals surface area contributed by atoms with Crippen molar-refractivity contribution >= 4 is 34.0 Å². The van der Waals surface area contributed by atoms with E-state index in [2.05, 4.69) is 0 Å². The van der Waals surface area contributed by atoms with Gasteiger partial charge in [-0.3, -0.25) is 0 Å². The number of sulfonamides is 1. The van der Waals surface area contributed by atoms with Crippen LogP contribution in [0.3, 0.4) is 0 Å².